The Kier molecular flexibility index (Phi) is 13.4. The van der Waals surface area contributed by atoms with Crippen LogP contribution >= 0.6 is 24.0 Å². The molecule has 0 spiro atoms. The van der Waals surface area contributed by atoms with Crippen molar-refractivity contribution in [3.05, 3.63) is 59.5 Å². The van der Waals surface area contributed by atoms with Crippen LogP contribution < -0.4 is 10.6 Å². The van der Waals surface area contributed by atoms with Gasteiger partial charge in [-0.1, -0.05) is 24.3 Å². The molecule has 1 heterocycles. The predicted octanol–water partition coefficient (Wildman–Crippen LogP) is 4.01. The van der Waals surface area contributed by atoms with E-state index in [1.54, 1.807) is 13.3 Å². The minimum absolute atomic E-state index is 0. The SMILES string of the molecule is CCOCCCCNC(=NC)NCc1ccccc1CN(C)Cc1ccco1.I. The van der Waals surface area contributed by atoms with Gasteiger partial charge in [-0.15, -0.1) is 24.0 Å². The van der Waals surface area contributed by atoms with Crippen LogP contribution in [0.3, 0.4) is 0 Å². The normalized spacial score (nSPS) is 11.4. The van der Waals surface area contributed by atoms with E-state index >= 15 is 0 Å². The summed E-state index contributed by atoms with van der Waals surface area (Å²) in [5, 5.41) is 6.78. The summed E-state index contributed by atoms with van der Waals surface area (Å²) < 4.78 is 10.8. The fourth-order valence-corrected chi connectivity index (χ4v) is 2.98. The molecule has 162 valence electrons. The Hall–Kier alpha value is -1.58. The molecule has 0 fully saturated rings. The highest BCUT2D eigenvalue weighted by atomic mass is 127. The molecule has 0 bridgehead atoms. The van der Waals surface area contributed by atoms with Gasteiger partial charge >= 0.3 is 0 Å². The van der Waals surface area contributed by atoms with Gasteiger partial charge in [-0.25, -0.2) is 0 Å². The van der Waals surface area contributed by atoms with Crippen LogP contribution in [0.5, 0.6) is 0 Å². The Labute approximate surface area is 192 Å². The first kappa shape index (κ1) is 25.5. The summed E-state index contributed by atoms with van der Waals surface area (Å²) in [6.45, 7) is 6.91. The molecule has 0 unspecified atom stereocenters. The maximum Gasteiger partial charge on any atom is 0.191 e. The van der Waals surface area contributed by atoms with E-state index in [1.807, 2.05) is 19.1 Å². The zero-order chi connectivity index (χ0) is 20.0. The van der Waals surface area contributed by atoms with Crippen molar-refractivity contribution >= 4 is 29.9 Å². The lowest BCUT2D eigenvalue weighted by Gasteiger charge is -2.19. The number of aliphatic imine (C=N–C) groups is 1. The van der Waals surface area contributed by atoms with Crippen molar-refractivity contribution in [2.45, 2.75) is 39.4 Å². The molecule has 0 aliphatic carbocycles. The van der Waals surface area contributed by atoms with Crippen LogP contribution in [-0.4, -0.2) is 44.7 Å². The third-order valence-corrected chi connectivity index (χ3v) is 4.45. The van der Waals surface area contributed by atoms with Crippen LogP contribution in [0.2, 0.25) is 0 Å². The molecule has 0 saturated carbocycles. The lowest BCUT2D eigenvalue weighted by atomic mass is 10.1. The summed E-state index contributed by atoms with van der Waals surface area (Å²) >= 11 is 0. The molecule has 6 nitrogen and oxygen atoms in total. The fourth-order valence-electron chi connectivity index (χ4n) is 2.98. The molecule has 0 aliphatic rings. The summed E-state index contributed by atoms with van der Waals surface area (Å²) in [6, 6.07) is 12.4. The molecule has 0 radical (unpaired) electrons. The van der Waals surface area contributed by atoms with E-state index in [0.717, 1.165) is 64.0 Å². The molecule has 0 saturated heterocycles. The first-order chi connectivity index (χ1) is 13.7. The number of rotatable bonds is 12. The molecular weight excluding hydrogens is 479 g/mol. The van der Waals surface area contributed by atoms with Gasteiger partial charge in [-0.2, -0.15) is 0 Å². The molecule has 1 aromatic carbocycles. The van der Waals surface area contributed by atoms with E-state index in [2.05, 4.69) is 51.8 Å². The number of nitrogens with one attached hydrogen (secondary N) is 2. The second-order valence-electron chi connectivity index (χ2n) is 6.78. The van der Waals surface area contributed by atoms with Crippen LogP contribution in [0.15, 0.2) is 52.1 Å². The molecule has 29 heavy (non-hydrogen) atoms. The van der Waals surface area contributed by atoms with E-state index in [4.69, 9.17) is 9.15 Å². The molecule has 0 amide bonds. The molecule has 2 rings (SSSR count). The molecule has 2 N–H and O–H groups in total. The molecule has 7 heteroatoms. The van der Waals surface area contributed by atoms with Gasteiger partial charge in [-0.05, 0) is 50.1 Å². The van der Waals surface area contributed by atoms with Gasteiger partial charge < -0.3 is 19.8 Å². The number of benzene rings is 1. The Morgan fingerprint density at radius 1 is 1.07 bits per heavy atom. The van der Waals surface area contributed by atoms with Crippen LogP contribution in [0.1, 0.15) is 36.7 Å². The van der Waals surface area contributed by atoms with Crippen molar-refractivity contribution in [1.29, 1.82) is 0 Å². The number of hydrogen-bond donors (Lipinski definition) is 2. The lowest BCUT2D eigenvalue weighted by Crippen LogP contribution is -2.37. The van der Waals surface area contributed by atoms with Gasteiger partial charge in [-0.3, -0.25) is 9.89 Å². The Balaban J connectivity index is 0.00000420. The van der Waals surface area contributed by atoms with Gasteiger partial charge in [0.05, 0.1) is 12.8 Å². The molecular formula is C22H35IN4O2. The summed E-state index contributed by atoms with van der Waals surface area (Å²) in [6.07, 6.45) is 3.84. The van der Waals surface area contributed by atoms with E-state index in [0.29, 0.717) is 0 Å². The smallest absolute Gasteiger partial charge is 0.191 e. The van der Waals surface area contributed by atoms with E-state index < -0.39 is 0 Å². The van der Waals surface area contributed by atoms with Crippen LogP contribution in [0.4, 0.5) is 0 Å². The fraction of sp³-hybridized carbons (Fsp3) is 0.500. The highest BCUT2D eigenvalue weighted by Gasteiger charge is 2.08. The number of nitrogens with zero attached hydrogens (tertiary/aromatic N) is 2. The number of ether oxygens (including phenoxy) is 1. The monoisotopic (exact) mass is 514 g/mol. The molecule has 2 aromatic rings. The quantitative estimate of drug-likeness (QED) is 0.194. The molecule has 0 atom stereocenters. The van der Waals surface area contributed by atoms with Crippen molar-refractivity contribution in [3.63, 3.8) is 0 Å². The van der Waals surface area contributed by atoms with Crippen LogP contribution in [0, 0.1) is 0 Å². The Morgan fingerprint density at radius 2 is 1.86 bits per heavy atom. The first-order valence-electron chi connectivity index (χ1n) is 10.0. The van der Waals surface area contributed by atoms with Crippen molar-refractivity contribution in [3.8, 4) is 0 Å². The summed E-state index contributed by atoms with van der Waals surface area (Å²) in [5.41, 5.74) is 2.57. The number of halogens is 1. The highest BCUT2D eigenvalue weighted by Crippen LogP contribution is 2.13. The Bertz CT molecular complexity index is 692. The zero-order valence-corrected chi connectivity index (χ0v) is 20.1. The second kappa shape index (κ2) is 15.3. The van der Waals surface area contributed by atoms with Crippen molar-refractivity contribution in [1.82, 2.24) is 15.5 Å². The first-order valence-corrected chi connectivity index (χ1v) is 10.0. The average Bonchev–Trinajstić information content (AvgIpc) is 3.20. The minimum Gasteiger partial charge on any atom is -0.468 e. The van der Waals surface area contributed by atoms with Gasteiger partial charge in [0.15, 0.2) is 5.96 Å². The summed E-state index contributed by atoms with van der Waals surface area (Å²) in [5.74, 6) is 1.81. The minimum atomic E-state index is 0. The van der Waals surface area contributed by atoms with Crippen molar-refractivity contribution in [2.24, 2.45) is 4.99 Å². The largest absolute Gasteiger partial charge is 0.468 e. The lowest BCUT2D eigenvalue weighted by molar-refractivity contribution is 0.143. The third-order valence-electron chi connectivity index (χ3n) is 4.45. The summed E-state index contributed by atoms with van der Waals surface area (Å²) in [4.78, 5) is 6.57. The number of furan rings is 1. The van der Waals surface area contributed by atoms with Crippen LogP contribution in [-0.2, 0) is 24.4 Å². The Morgan fingerprint density at radius 3 is 2.55 bits per heavy atom. The average molecular weight is 514 g/mol. The maximum atomic E-state index is 5.45. The number of unbranched alkanes of at least 4 members (excludes halogenated alkanes) is 1. The molecule has 0 aliphatic heterocycles. The zero-order valence-electron chi connectivity index (χ0n) is 17.8. The maximum absolute atomic E-state index is 5.45. The standard InChI is InChI=1S/C22H34N4O2.HI/c1-4-27-14-8-7-13-24-22(23-2)25-16-19-10-5-6-11-20(19)17-26(3)18-21-12-9-15-28-21;/h5-6,9-12,15H,4,7-8,13-14,16-18H2,1-3H3,(H2,23,24,25);1H. The van der Waals surface area contributed by atoms with Crippen molar-refractivity contribution in [2.75, 3.05) is 33.9 Å². The van der Waals surface area contributed by atoms with Gasteiger partial charge in [0.1, 0.15) is 5.76 Å². The highest BCUT2D eigenvalue weighted by molar-refractivity contribution is 14.0. The van der Waals surface area contributed by atoms with E-state index in [9.17, 15) is 0 Å². The van der Waals surface area contributed by atoms with Gasteiger partial charge in [0.25, 0.3) is 0 Å². The van der Waals surface area contributed by atoms with E-state index in [-0.39, 0.29) is 24.0 Å². The predicted molar refractivity (Wildman–Crippen MR) is 130 cm³/mol. The number of guanidine groups is 1. The topological polar surface area (TPSA) is 62.0 Å². The van der Waals surface area contributed by atoms with Crippen LogP contribution in [0.25, 0.3) is 0 Å². The summed E-state index contributed by atoms with van der Waals surface area (Å²) in [7, 11) is 3.91. The second-order valence-corrected chi connectivity index (χ2v) is 6.78. The molecule has 1 aromatic heterocycles. The van der Waals surface area contributed by atoms with Gasteiger partial charge in [0, 0.05) is 39.9 Å². The third kappa shape index (κ3) is 10.1. The van der Waals surface area contributed by atoms with Crippen molar-refractivity contribution < 1.29 is 9.15 Å². The van der Waals surface area contributed by atoms with E-state index in [1.165, 1.54) is 11.1 Å². The number of hydrogen-bond acceptors (Lipinski definition) is 4. The van der Waals surface area contributed by atoms with Gasteiger partial charge in [0.2, 0.25) is 0 Å².